The van der Waals surface area contributed by atoms with Gasteiger partial charge in [0.1, 0.15) is 6.20 Å². The highest BCUT2D eigenvalue weighted by atomic mass is 35.7. The molecule has 1 heterocycles. The Morgan fingerprint density at radius 1 is 1.56 bits per heavy atom. The lowest BCUT2D eigenvalue weighted by atomic mass is 10.3. The van der Waals surface area contributed by atoms with Gasteiger partial charge in [-0.15, -0.1) is 0 Å². The Hall–Kier alpha value is -1.55. The highest BCUT2D eigenvalue weighted by Crippen LogP contribution is 2.39. The fourth-order valence-electron chi connectivity index (χ4n) is 1.20. The van der Waals surface area contributed by atoms with Crippen LogP contribution in [0.2, 0.25) is 0 Å². The number of rotatable bonds is 4. The lowest BCUT2D eigenvalue weighted by Gasteiger charge is -2.10. The van der Waals surface area contributed by atoms with Crippen LogP contribution in [0.5, 0.6) is 5.75 Å². The molecule has 7 nitrogen and oxygen atoms in total. The van der Waals surface area contributed by atoms with Crippen molar-refractivity contribution in [3.63, 3.8) is 0 Å². The highest BCUT2D eigenvalue weighted by molar-refractivity contribution is 8.14. The summed E-state index contributed by atoms with van der Waals surface area (Å²) >= 11 is 0. The Morgan fingerprint density at radius 2 is 2.11 bits per heavy atom. The van der Waals surface area contributed by atoms with Crippen LogP contribution >= 0.6 is 10.7 Å². The second kappa shape index (κ2) is 4.98. The van der Waals surface area contributed by atoms with Gasteiger partial charge in [0.25, 0.3) is 15.5 Å². The minimum absolute atomic E-state index is 0.388. The van der Waals surface area contributed by atoms with Crippen LogP contribution in [-0.2, 0) is 9.05 Å². The van der Waals surface area contributed by atoms with Gasteiger partial charge < -0.3 is 4.74 Å². The fraction of sp³-hybridized carbons (Fsp3) is 0.286. The predicted molar refractivity (Wildman–Crippen MR) is 55.4 cm³/mol. The number of hydrogen-bond acceptors (Lipinski definition) is 6. The average molecular weight is 303 g/mol. The van der Waals surface area contributed by atoms with Crippen LogP contribution in [0.1, 0.15) is 12.1 Å². The van der Waals surface area contributed by atoms with E-state index in [9.17, 15) is 27.3 Å². The number of halogens is 3. The minimum atomic E-state index is -4.65. The van der Waals surface area contributed by atoms with Crippen LogP contribution in [0, 0.1) is 10.1 Å². The molecule has 0 atom stereocenters. The van der Waals surface area contributed by atoms with E-state index in [-0.39, 0.29) is 0 Å². The molecule has 1 aromatic rings. The second-order valence-electron chi connectivity index (χ2n) is 2.89. The molecule has 0 spiro atoms. The van der Waals surface area contributed by atoms with Crippen molar-refractivity contribution in [2.75, 3.05) is 7.11 Å². The van der Waals surface area contributed by atoms with Crippen LogP contribution in [0.15, 0.2) is 11.1 Å². The third kappa shape index (κ3) is 2.64. The first-order valence-corrected chi connectivity index (χ1v) is 6.45. The highest BCUT2D eigenvalue weighted by Gasteiger charge is 2.34. The van der Waals surface area contributed by atoms with E-state index in [2.05, 4.69) is 9.72 Å². The number of ether oxygens (including phenoxy) is 1. The normalized spacial score (nSPS) is 11.6. The van der Waals surface area contributed by atoms with Gasteiger partial charge in [-0.05, 0) is 0 Å². The van der Waals surface area contributed by atoms with Crippen molar-refractivity contribution in [2.24, 2.45) is 0 Å². The van der Waals surface area contributed by atoms with E-state index in [1.54, 1.807) is 0 Å². The van der Waals surface area contributed by atoms with E-state index < -0.39 is 42.4 Å². The van der Waals surface area contributed by atoms with Crippen LogP contribution in [-0.4, -0.2) is 25.4 Å². The van der Waals surface area contributed by atoms with Crippen molar-refractivity contribution >= 4 is 25.4 Å². The third-order valence-electron chi connectivity index (χ3n) is 1.85. The van der Waals surface area contributed by atoms with E-state index in [0.29, 0.717) is 6.20 Å². The molecule has 1 aromatic heterocycles. The molecule has 0 saturated heterocycles. The summed E-state index contributed by atoms with van der Waals surface area (Å²) in [4.78, 5) is 11.5. The van der Waals surface area contributed by atoms with Crippen molar-refractivity contribution in [1.82, 2.24) is 4.98 Å². The molecule has 0 radical (unpaired) electrons. The number of alkyl halides is 2. The van der Waals surface area contributed by atoms with E-state index in [0.717, 1.165) is 7.11 Å². The summed E-state index contributed by atoms with van der Waals surface area (Å²) in [5.41, 5.74) is -2.08. The second-order valence-corrected chi connectivity index (χ2v) is 5.39. The summed E-state index contributed by atoms with van der Waals surface area (Å²) in [6, 6.07) is 0. The lowest BCUT2D eigenvalue weighted by molar-refractivity contribution is -0.388. The summed E-state index contributed by atoms with van der Waals surface area (Å²) in [6.45, 7) is 0. The molecule has 0 N–H and O–H groups in total. The molecule has 0 aliphatic heterocycles. The first-order chi connectivity index (χ1) is 8.20. The summed E-state index contributed by atoms with van der Waals surface area (Å²) in [5, 5.41) is 10.6. The summed E-state index contributed by atoms with van der Waals surface area (Å²) in [7, 11) is 1.21. The minimum Gasteiger partial charge on any atom is -0.493 e. The Bertz CT molecular complexity index is 592. The van der Waals surface area contributed by atoms with Gasteiger partial charge in [-0.3, -0.25) is 10.1 Å². The molecular weight excluding hydrogens is 298 g/mol. The van der Waals surface area contributed by atoms with E-state index >= 15 is 0 Å². The summed E-state index contributed by atoms with van der Waals surface area (Å²) < 4.78 is 52.0. The Kier molecular flexibility index (Phi) is 4.02. The number of nitrogens with zero attached hydrogens (tertiary/aromatic N) is 2. The standard InChI is InChI=1S/C7H5ClF2N2O5S/c1-17-5-4(7(9)10)11-2-3(12(13)14)6(5)18(8,15)16/h2,7H,1H3. The Balaban J connectivity index is 3.79. The maximum absolute atomic E-state index is 12.6. The van der Waals surface area contributed by atoms with Crippen molar-refractivity contribution in [1.29, 1.82) is 0 Å². The lowest BCUT2D eigenvalue weighted by Crippen LogP contribution is -2.07. The monoisotopic (exact) mass is 302 g/mol. The zero-order valence-electron chi connectivity index (χ0n) is 8.63. The SMILES string of the molecule is COc1c(C(F)F)ncc([N+](=O)[O-])c1S(=O)(=O)Cl. The number of nitro groups is 1. The van der Waals surface area contributed by atoms with Gasteiger partial charge >= 0.3 is 5.69 Å². The van der Waals surface area contributed by atoms with E-state index in [1.165, 1.54) is 0 Å². The number of aromatic nitrogens is 1. The molecule has 0 bridgehead atoms. The zero-order valence-corrected chi connectivity index (χ0v) is 10.2. The van der Waals surface area contributed by atoms with Crippen molar-refractivity contribution < 1.29 is 26.9 Å². The Morgan fingerprint density at radius 3 is 2.44 bits per heavy atom. The van der Waals surface area contributed by atoms with Crippen LogP contribution < -0.4 is 4.74 Å². The van der Waals surface area contributed by atoms with E-state index in [4.69, 9.17) is 10.7 Å². The predicted octanol–water partition coefficient (Wildman–Crippen LogP) is 1.86. The largest absolute Gasteiger partial charge is 0.493 e. The molecule has 0 aromatic carbocycles. The fourth-order valence-corrected chi connectivity index (χ4v) is 2.43. The molecule has 100 valence electrons. The van der Waals surface area contributed by atoms with Gasteiger partial charge in [-0.25, -0.2) is 22.2 Å². The zero-order chi connectivity index (χ0) is 14.1. The van der Waals surface area contributed by atoms with Crippen LogP contribution in [0.4, 0.5) is 14.5 Å². The molecule has 0 saturated carbocycles. The van der Waals surface area contributed by atoms with Gasteiger partial charge in [-0.1, -0.05) is 0 Å². The topological polar surface area (TPSA) is 99.4 Å². The molecular formula is C7H5ClF2N2O5S. The molecule has 0 aliphatic carbocycles. The van der Waals surface area contributed by atoms with Crippen molar-refractivity contribution in [2.45, 2.75) is 11.3 Å². The van der Waals surface area contributed by atoms with Gasteiger partial charge in [0.2, 0.25) is 4.90 Å². The van der Waals surface area contributed by atoms with Gasteiger partial charge in [0.05, 0.1) is 12.0 Å². The molecule has 0 fully saturated rings. The van der Waals surface area contributed by atoms with Crippen LogP contribution in [0.25, 0.3) is 0 Å². The first-order valence-electron chi connectivity index (χ1n) is 4.14. The third-order valence-corrected chi connectivity index (χ3v) is 3.19. The molecule has 1 rings (SSSR count). The van der Waals surface area contributed by atoms with Crippen molar-refractivity contribution in [3.05, 3.63) is 22.0 Å². The Labute approximate surface area is 104 Å². The number of hydrogen-bond donors (Lipinski definition) is 0. The van der Waals surface area contributed by atoms with Crippen molar-refractivity contribution in [3.8, 4) is 5.75 Å². The van der Waals surface area contributed by atoms with Gasteiger partial charge in [0.15, 0.2) is 11.4 Å². The first kappa shape index (κ1) is 14.5. The van der Waals surface area contributed by atoms with Gasteiger partial charge in [-0.2, -0.15) is 0 Å². The average Bonchev–Trinajstić information content (AvgIpc) is 2.25. The number of pyridine rings is 1. The summed E-state index contributed by atoms with van der Waals surface area (Å²) in [6.07, 6.45) is -2.78. The van der Waals surface area contributed by atoms with Crippen LogP contribution in [0.3, 0.4) is 0 Å². The quantitative estimate of drug-likeness (QED) is 0.478. The van der Waals surface area contributed by atoms with E-state index in [1.807, 2.05) is 0 Å². The van der Waals surface area contributed by atoms with Gasteiger partial charge in [0, 0.05) is 10.7 Å². The molecule has 0 amide bonds. The molecule has 0 unspecified atom stereocenters. The smallest absolute Gasteiger partial charge is 0.311 e. The molecule has 18 heavy (non-hydrogen) atoms. The number of methoxy groups -OCH3 is 1. The molecule has 11 heteroatoms. The maximum Gasteiger partial charge on any atom is 0.311 e. The maximum atomic E-state index is 12.6. The summed E-state index contributed by atoms with van der Waals surface area (Å²) in [5.74, 6) is -0.936. The molecule has 0 aliphatic rings.